The van der Waals surface area contributed by atoms with Crippen molar-refractivity contribution in [2.24, 2.45) is 5.92 Å². The topological polar surface area (TPSA) is 82.4 Å². The van der Waals surface area contributed by atoms with E-state index in [1.807, 2.05) is 54.6 Å². The van der Waals surface area contributed by atoms with Gasteiger partial charge in [0.25, 0.3) is 0 Å². The van der Waals surface area contributed by atoms with E-state index < -0.39 is 11.5 Å². The van der Waals surface area contributed by atoms with E-state index in [2.05, 4.69) is 25.2 Å². The minimum Gasteiger partial charge on any atom is -0.496 e. The maximum absolute atomic E-state index is 13.0. The van der Waals surface area contributed by atoms with Crippen LogP contribution in [0.15, 0.2) is 54.6 Å². The fourth-order valence-corrected chi connectivity index (χ4v) is 5.26. The Kier molecular flexibility index (Phi) is 9.93. The predicted octanol–water partition coefficient (Wildman–Crippen LogP) is 5.02. The number of amides is 2. The van der Waals surface area contributed by atoms with E-state index in [1.165, 1.54) is 0 Å². The van der Waals surface area contributed by atoms with Gasteiger partial charge in [-0.1, -0.05) is 68.8 Å². The zero-order valence-corrected chi connectivity index (χ0v) is 21.8. The number of carbonyl (C=O) groups excluding carboxylic acids is 2. The fraction of sp³-hybridized carbons (Fsp3) is 0.500. The molecule has 2 aromatic carbocycles. The molecule has 1 fully saturated rings. The highest BCUT2D eigenvalue weighted by molar-refractivity contribution is 5.88. The lowest BCUT2D eigenvalue weighted by molar-refractivity contribution is -0.138. The largest absolute Gasteiger partial charge is 0.496 e. The van der Waals surface area contributed by atoms with Gasteiger partial charge in [0.05, 0.1) is 18.6 Å². The van der Waals surface area contributed by atoms with Crippen LogP contribution in [0.25, 0.3) is 0 Å². The SMILES string of the molecule is COc1ccccc1CCNC(=O)[C@H]1CCCN1C(=O)CCCCC(C#N)(c1ccccc1)C(C)C. The molecule has 1 heterocycles. The van der Waals surface area contributed by atoms with Crippen LogP contribution in [0.2, 0.25) is 0 Å². The molecule has 0 radical (unpaired) electrons. The van der Waals surface area contributed by atoms with Gasteiger partial charge >= 0.3 is 0 Å². The molecule has 2 aromatic rings. The Hall–Kier alpha value is -3.33. The first kappa shape index (κ1) is 27.3. The first-order valence-corrected chi connectivity index (χ1v) is 13.1. The number of carbonyl (C=O) groups is 2. The van der Waals surface area contributed by atoms with Gasteiger partial charge in [0.15, 0.2) is 0 Å². The average Bonchev–Trinajstić information content (AvgIpc) is 3.40. The molecule has 6 heteroatoms. The quantitative estimate of drug-likeness (QED) is 0.424. The van der Waals surface area contributed by atoms with Crippen LogP contribution in [-0.4, -0.2) is 43.0 Å². The van der Waals surface area contributed by atoms with E-state index in [9.17, 15) is 14.9 Å². The van der Waals surface area contributed by atoms with E-state index >= 15 is 0 Å². The molecule has 1 aliphatic rings. The number of benzene rings is 2. The monoisotopic (exact) mass is 489 g/mol. The molecule has 6 nitrogen and oxygen atoms in total. The Morgan fingerprint density at radius 3 is 2.56 bits per heavy atom. The van der Waals surface area contributed by atoms with Crippen molar-refractivity contribution in [3.05, 3.63) is 65.7 Å². The van der Waals surface area contributed by atoms with Crippen molar-refractivity contribution in [3.63, 3.8) is 0 Å². The van der Waals surface area contributed by atoms with Gasteiger partial charge < -0.3 is 15.0 Å². The molecule has 3 rings (SSSR count). The molecule has 192 valence electrons. The summed E-state index contributed by atoms with van der Waals surface area (Å²) in [6, 6.07) is 19.9. The maximum Gasteiger partial charge on any atom is 0.242 e. The lowest BCUT2D eigenvalue weighted by Crippen LogP contribution is -2.46. The van der Waals surface area contributed by atoms with Crippen molar-refractivity contribution in [2.75, 3.05) is 20.2 Å². The van der Waals surface area contributed by atoms with Gasteiger partial charge in [-0.2, -0.15) is 5.26 Å². The van der Waals surface area contributed by atoms with Gasteiger partial charge in [0.1, 0.15) is 11.8 Å². The second-order valence-corrected chi connectivity index (χ2v) is 9.91. The zero-order valence-electron chi connectivity index (χ0n) is 21.8. The number of hydrogen-bond donors (Lipinski definition) is 1. The van der Waals surface area contributed by atoms with Crippen LogP contribution in [-0.2, 0) is 21.4 Å². The summed E-state index contributed by atoms with van der Waals surface area (Å²) in [6.45, 7) is 5.30. The summed E-state index contributed by atoms with van der Waals surface area (Å²) in [5, 5.41) is 13.1. The summed E-state index contributed by atoms with van der Waals surface area (Å²) in [4.78, 5) is 27.6. The third-order valence-electron chi connectivity index (χ3n) is 7.45. The minimum absolute atomic E-state index is 0.0317. The maximum atomic E-state index is 13.0. The molecule has 1 unspecified atom stereocenters. The number of unbranched alkanes of at least 4 members (excludes halogenated alkanes) is 1. The van der Waals surface area contributed by atoms with E-state index in [-0.39, 0.29) is 17.7 Å². The summed E-state index contributed by atoms with van der Waals surface area (Å²) in [7, 11) is 1.64. The average molecular weight is 490 g/mol. The number of para-hydroxylation sites is 1. The number of hydrogen-bond acceptors (Lipinski definition) is 4. The number of likely N-dealkylation sites (tertiary alicyclic amines) is 1. The van der Waals surface area contributed by atoms with Gasteiger partial charge in [-0.25, -0.2) is 0 Å². The molecule has 1 N–H and O–H groups in total. The smallest absolute Gasteiger partial charge is 0.242 e. The normalized spacial score (nSPS) is 16.9. The van der Waals surface area contributed by atoms with Crippen molar-refractivity contribution in [2.45, 2.75) is 70.3 Å². The molecule has 2 atom stereocenters. The van der Waals surface area contributed by atoms with Crippen molar-refractivity contribution >= 4 is 11.8 Å². The van der Waals surface area contributed by atoms with Crippen molar-refractivity contribution in [1.29, 1.82) is 5.26 Å². The molecular formula is C30H39N3O3. The van der Waals surface area contributed by atoms with Gasteiger partial charge in [0.2, 0.25) is 11.8 Å². The Morgan fingerprint density at radius 2 is 1.86 bits per heavy atom. The number of ether oxygens (including phenoxy) is 1. The third-order valence-corrected chi connectivity index (χ3v) is 7.45. The Labute approximate surface area is 215 Å². The van der Waals surface area contributed by atoms with Gasteiger partial charge in [-0.05, 0) is 55.2 Å². The number of methoxy groups -OCH3 is 1. The van der Waals surface area contributed by atoms with Crippen LogP contribution in [0.1, 0.15) is 63.5 Å². The van der Waals surface area contributed by atoms with Crippen LogP contribution in [0.3, 0.4) is 0 Å². The third kappa shape index (κ3) is 6.46. The van der Waals surface area contributed by atoms with Crippen LogP contribution in [0.4, 0.5) is 0 Å². The molecular weight excluding hydrogens is 450 g/mol. The molecule has 0 aromatic heterocycles. The zero-order chi connectivity index (χ0) is 26.0. The highest BCUT2D eigenvalue weighted by Gasteiger charge is 2.36. The van der Waals surface area contributed by atoms with Gasteiger partial charge in [0, 0.05) is 19.5 Å². The molecule has 0 saturated carbocycles. The molecule has 0 spiro atoms. The van der Waals surface area contributed by atoms with Crippen molar-refractivity contribution < 1.29 is 14.3 Å². The molecule has 0 aliphatic carbocycles. The van der Waals surface area contributed by atoms with E-state index in [1.54, 1.807) is 12.0 Å². The summed E-state index contributed by atoms with van der Waals surface area (Å²) < 4.78 is 5.38. The van der Waals surface area contributed by atoms with Crippen LogP contribution in [0.5, 0.6) is 5.75 Å². The highest BCUT2D eigenvalue weighted by atomic mass is 16.5. The Morgan fingerprint density at radius 1 is 1.14 bits per heavy atom. The Bertz CT molecular complexity index is 1050. The second kappa shape index (κ2) is 13.1. The fourth-order valence-electron chi connectivity index (χ4n) is 5.26. The van der Waals surface area contributed by atoms with Gasteiger partial charge in [-0.3, -0.25) is 9.59 Å². The standard InChI is InChI=1S/C30H39N3O3/c1-23(2)30(22-31,25-13-5-4-6-14-25)19-10-9-17-28(34)33-21-11-15-26(33)29(35)32-20-18-24-12-7-8-16-27(24)36-3/h4-8,12-14,16,23,26H,9-11,15,17-21H2,1-3H3,(H,32,35)/t26-,30?/m1/s1. The number of nitrogens with zero attached hydrogens (tertiary/aromatic N) is 2. The first-order chi connectivity index (χ1) is 17.4. The van der Waals surface area contributed by atoms with E-state index in [0.717, 1.165) is 29.7 Å². The number of rotatable bonds is 12. The molecule has 0 bridgehead atoms. The molecule has 36 heavy (non-hydrogen) atoms. The van der Waals surface area contributed by atoms with Gasteiger partial charge in [-0.15, -0.1) is 0 Å². The lowest BCUT2D eigenvalue weighted by Gasteiger charge is -2.31. The summed E-state index contributed by atoms with van der Waals surface area (Å²) >= 11 is 0. The van der Waals surface area contributed by atoms with Crippen LogP contribution >= 0.6 is 0 Å². The lowest BCUT2D eigenvalue weighted by atomic mass is 9.69. The van der Waals surface area contributed by atoms with E-state index in [4.69, 9.17) is 4.74 Å². The number of nitrogens with one attached hydrogen (secondary N) is 1. The molecule has 1 saturated heterocycles. The first-order valence-electron chi connectivity index (χ1n) is 13.1. The van der Waals surface area contributed by atoms with Crippen molar-refractivity contribution in [1.82, 2.24) is 10.2 Å². The predicted molar refractivity (Wildman–Crippen MR) is 141 cm³/mol. The summed E-state index contributed by atoms with van der Waals surface area (Å²) in [5.41, 5.74) is 1.53. The van der Waals surface area contributed by atoms with Crippen molar-refractivity contribution in [3.8, 4) is 11.8 Å². The van der Waals surface area contributed by atoms with Crippen LogP contribution < -0.4 is 10.1 Å². The minimum atomic E-state index is -0.554. The molecule has 1 aliphatic heterocycles. The number of nitriles is 1. The molecule has 2 amide bonds. The second-order valence-electron chi connectivity index (χ2n) is 9.91. The van der Waals surface area contributed by atoms with E-state index in [0.29, 0.717) is 45.2 Å². The summed E-state index contributed by atoms with van der Waals surface area (Å²) in [6.07, 6.45) is 4.83. The van der Waals surface area contributed by atoms with Crippen LogP contribution in [0, 0.1) is 17.2 Å². The summed E-state index contributed by atoms with van der Waals surface area (Å²) in [5.74, 6) is 0.935. The Balaban J connectivity index is 1.49. The highest BCUT2D eigenvalue weighted by Crippen LogP contribution is 2.37.